The van der Waals surface area contributed by atoms with Gasteiger partial charge < -0.3 is 10.0 Å². The molecule has 5 rings (SSSR count). The van der Waals surface area contributed by atoms with Gasteiger partial charge in [0.25, 0.3) is 5.91 Å². The zero-order valence-electron chi connectivity index (χ0n) is 18.6. The van der Waals surface area contributed by atoms with Crippen LogP contribution in [0.1, 0.15) is 40.1 Å². The van der Waals surface area contributed by atoms with Crippen LogP contribution in [0.3, 0.4) is 0 Å². The molecule has 188 valence electrons. The number of alkyl halides is 3. The second-order valence-corrected chi connectivity index (χ2v) is 9.44. The molecular formula is C24H18F5N3O3S. The first-order valence-electron chi connectivity index (χ1n) is 10.8. The first-order valence-corrected chi connectivity index (χ1v) is 11.8. The van der Waals surface area contributed by atoms with Crippen LogP contribution in [0, 0.1) is 11.6 Å². The van der Waals surface area contributed by atoms with Gasteiger partial charge in [0.15, 0.2) is 11.4 Å². The Morgan fingerprint density at radius 2 is 1.69 bits per heavy atom. The van der Waals surface area contributed by atoms with Crippen molar-refractivity contribution in [3.8, 4) is 5.75 Å². The molecule has 0 aliphatic carbocycles. The largest absolute Gasteiger partial charge is 0.502 e. The lowest BCUT2D eigenvalue weighted by atomic mass is 9.94. The summed E-state index contributed by atoms with van der Waals surface area (Å²) < 4.78 is 72.1. The van der Waals surface area contributed by atoms with Crippen LogP contribution in [-0.4, -0.2) is 39.5 Å². The van der Waals surface area contributed by atoms with E-state index in [2.05, 4.69) is 0 Å². The number of nitrogens with zero attached hydrogens (tertiary/aromatic N) is 3. The lowest BCUT2D eigenvalue weighted by Crippen LogP contribution is -2.60. The van der Waals surface area contributed by atoms with Crippen LogP contribution in [0.25, 0.3) is 0 Å². The van der Waals surface area contributed by atoms with E-state index in [1.807, 2.05) is 0 Å². The minimum Gasteiger partial charge on any atom is -0.502 e. The van der Waals surface area contributed by atoms with Gasteiger partial charge in [-0.2, -0.15) is 13.2 Å². The molecule has 0 spiro atoms. The fourth-order valence-electron chi connectivity index (χ4n) is 4.55. The first-order chi connectivity index (χ1) is 17.0. The second-order valence-electron chi connectivity index (χ2n) is 8.45. The number of aromatic hydroxyl groups is 1. The van der Waals surface area contributed by atoms with Crippen molar-refractivity contribution in [2.24, 2.45) is 0 Å². The molecule has 3 heterocycles. The number of fused-ring (bicyclic) bond motifs is 3. The molecule has 12 heteroatoms. The van der Waals surface area contributed by atoms with Crippen molar-refractivity contribution >= 4 is 17.7 Å². The zero-order valence-corrected chi connectivity index (χ0v) is 19.4. The second kappa shape index (κ2) is 8.54. The number of halogens is 5. The molecule has 1 N–H and O–H groups in total. The summed E-state index contributed by atoms with van der Waals surface area (Å²) in [6, 6.07) is 6.11. The minimum atomic E-state index is -4.82. The molecule has 2 aliphatic rings. The molecule has 0 fully saturated rings. The molecule has 2 aromatic carbocycles. The summed E-state index contributed by atoms with van der Waals surface area (Å²) in [6.07, 6.45) is -3.66. The number of hydrogen-bond donors (Lipinski definition) is 1. The van der Waals surface area contributed by atoms with Crippen LogP contribution in [0.5, 0.6) is 5.75 Å². The van der Waals surface area contributed by atoms with Crippen molar-refractivity contribution in [3.05, 3.63) is 92.9 Å². The summed E-state index contributed by atoms with van der Waals surface area (Å²) in [4.78, 5) is 25.9. The smallest absolute Gasteiger partial charge is 0.408 e. The van der Waals surface area contributed by atoms with Crippen molar-refractivity contribution in [2.75, 3.05) is 11.7 Å². The summed E-state index contributed by atoms with van der Waals surface area (Å²) in [7, 11) is 0. The van der Waals surface area contributed by atoms with Crippen molar-refractivity contribution in [2.45, 2.75) is 35.8 Å². The van der Waals surface area contributed by atoms with Crippen LogP contribution < -0.4 is 10.4 Å². The Kier molecular flexibility index (Phi) is 5.73. The maximum Gasteiger partial charge on any atom is 0.408 e. The van der Waals surface area contributed by atoms with E-state index < -0.39 is 59.3 Å². The standard InChI is InChI=1S/C24H18F5N3O3S/c1-12(24(27,28)29)30-11-32(31-9-8-18(33)21(34)20(31)23(30)35)19-13-4-2-6-16(25)15(13)10-36-22-14(19)5-3-7-17(22)26/h2-9,12,19,34H,10-11H2,1H3/t12-,19-/m1/s1. The number of aromatic nitrogens is 1. The highest BCUT2D eigenvalue weighted by Gasteiger charge is 2.47. The van der Waals surface area contributed by atoms with Gasteiger partial charge in [-0.05, 0) is 30.2 Å². The van der Waals surface area contributed by atoms with E-state index >= 15 is 0 Å². The van der Waals surface area contributed by atoms with Crippen LogP contribution in [0.4, 0.5) is 22.0 Å². The van der Waals surface area contributed by atoms with Crippen molar-refractivity contribution in [1.82, 2.24) is 9.58 Å². The quantitative estimate of drug-likeness (QED) is 0.501. The number of carbonyl (C=O) groups is 1. The third-order valence-corrected chi connectivity index (χ3v) is 7.59. The third kappa shape index (κ3) is 3.71. The number of amides is 1. The molecule has 1 aromatic heterocycles. The highest BCUT2D eigenvalue weighted by molar-refractivity contribution is 7.98. The number of rotatable bonds is 2. The summed E-state index contributed by atoms with van der Waals surface area (Å²) in [5.74, 6) is -3.33. The summed E-state index contributed by atoms with van der Waals surface area (Å²) in [5.41, 5.74) is -0.710. The average molecular weight is 523 g/mol. The molecule has 6 nitrogen and oxygen atoms in total. The van der Waals surface area contributed by atoms with E-state index in [9.17, 15) is 36.6 Å². The zero-order chi connectivity index (χ0) is 25.9. The predicted molar refractivity (Wildman–Crippen MR) is 121 cm³/mol. The maximum absolute atomic E-state index is 14.9. The topological polar surface area (TPSA) is 65.8 Å². The van der Waals surface area contributed by atoms with Gasteiger partial charge >= 0.3 is 6.18 Å². The molecule has 3 aromatic rings. The van der Waals surface area contributed by atoms with Crippen molar-refractivity contribution in [1.29, 1.82) is 0 Å². The van der Waals surface area contributed by atoms with Crippen LogP contribution >= 0.6 is 11.8 Å². The monoisotopic (exact) mass is 523 g/mol. The van der Waals surface area contributed by atoms with E-state index in [0.29, 0.717) is 16.0 Å². The molecule has 0 radical (unpaired) electrons. The number of thioether (sulfide) groups is 1. The highest BCUT2D eigenvalue weighted by Crippen LogP contribution is 2.45. The molecule has 0 bridgehead atoms. The normalized spacial score (nSPS) is 18.3. The highest BCUT2D eigenvalue weighted by atomic mass is 32.2. The Hall–Kier alpha value is -3.54. The summed E-state index contributed by atoms with van der Waals surface area (Å²) in [5, 5.41) is 11.7. The van der Waals surface area contributed by atoms with E-state index in [1.165, 1.54) is 29.3 Å². The summed E-state index contributed by atoms with van der Waals surface area (Å²) in [6.45, 7) is 0.143. The van der Waals surface area contributed by atoms with Gasteiger partial charge in [0, 0.05) is 28.5 Å². The Bertz CT molecular complexity index is 1390. The Balaban J connectivity index is 1.81. The van der Waals surface area contributed by atoms with Gasteiger partial charge in [-0.1, -0.05) is 24.3 Å². The molecule has 36 heavy (non-hydrogen) atoms. The number of benzene rings is 2. The molecule has 0 unspecified atom stereocenters. The maximum atomic E-state index is 14.9. The van der Waals surface area contributed by atoms with Crippen LogP contribution in [0.15, 0.2) is 58.4 Å². The summed E-state index contributed by atoms with van der Waals surface area (Å²) >= 11 is 1.05. The molecular weight excluding hydrogens is 505 g/mol. The number of carbonyl (C=O) groups excluding carboxylic acids is 1. The van der Waals surface area contributed by atoms with Gasteiger partial charge in [0.1, 0.15) is 24.3 Å². The van der Waals surface area contributed by atoms with E-state index in [4.69, 9.17) is 0 Å². The number of pyridine rings is 1. The first kappa shape index (κ1) is 24.2. The van der Waals surface area contributed by atoms with Crippen LogP contribution in [0.2, 0.25) is 0 Å². The van der Waals surface area contributed by atoms with Gasteiger partial charge in [-0.15, -0.1) is 11.8 Å². The van der Waals surface area contributed by atoms with E-state index in [-0.39, 0.29) is 16.2 Å². The molecule has 0 saturated carbocycles. The lowest BCUT2D eigenvalue weighted by molar-refractivity contribution is -0.173. The van der Waals surface area contributed by atoms with Crippen molar-refractivity contribution in [3.63, 3.8) is 0 Å². The fraction of sp³-hybridized carbons (Fsp3) is 0.250. The molecule has 2 aliphatic heterocycles. The Labute approximate surface area is 205 Å². The minimum absolute atomic E-state index is 0.0597. The van der Waals surface area contributed by atoms with Crippen LogP contribution in [-0.2, 0) is 5.75 Å². The Morgan fingerprint density at radius 3 is 2.39 bits per heavy atom. The van der Waals surface area contributed by atoms with Gasteiger partial charge in [0.2, 0.25) is 5.43 Å². The lowest BCUT2D eigenvalue weighted by Gasteiger charge is -2.46. The molecule has 0 saturated heterocycles. The number of hydrogen-bond acceptors (Lipinski definition) is 5. The van der Waals surface area contributed by atoms with Gasteiger partial charge in [-0.25, -0.2) is 8.78 Å². The molecule has 2 atom stereocenters. The predicted octanol–water partition coefficient (Wildman–Crippen LogP) is 4.53. The fourth-order valence-corrected chi connectivity index (χ4v) is 5.69. The van der Waals surface area contributed by atoms with Crippen molar-refractivity contribution < 1.29 is 31.9 Å². The van der Waals surface area contributed by atoms with Gasteiger partial charge in [-0.3, -0.25) is 19.3 Å². The van der Waals surface area contributed by atoms with Gasteiger partial charge in [0.05, 0.1) is 6.04 Å². The van der Waals surface area contributed by atoms with E-state index in [1.54, 1.807) is 12.1 Å². The SMILES string of the molecule is C[C@@H](N1CN([C@@H]2c3cccc(F)c3CSc3c(F)cccc32)n2ccc(=O)c(O)c2C1=O)C(F)(F)F. The average Bonchev–Trinajstić information content (AvgIpc) is 2.99. The Morgan fingerprint density at radius 1 is 1.03 bits per heavy atom. The third-order valence-electron chi connectivity index (χ3n) is 6.43. The van der Waals surface area contributed by atoms with E-state index in [0.717, 1.165) is 35.6 Å². The molecule has 1 amide bonds.